The maximum atomic E-state index is 11.8. The Hall–Kier alpha value is -1.36. The van der Waals surface area contributed by atoms with E-state index in [1.54, 1.807) is 30.1 Å². The van der Waals surface area contributed by atoms with Gasteiger partial charge in [0, 0.05) is 12.4 Å². The van der Waals surface area contributed by atoms with E-state index in [9.17, 15) is 4.79 Å². The number of rotatable bonds is 5. The molecule has 0 fully saturated rings. The van der Waals surface area contributed by atoms with Crippen molar-refractivity contribution in [3.63, 3.8) is 0 Å². The van der Waals surface area contributed by atoms with Crippen LogP contribution in [0.4, 0.5) is 0 Å². The van der Waals surface area contributed by atoms with Crippen LogP contribution >= 0.6 is 0 Å². The summed E-state index contributed by atoms with van der Waals surface area (Å²) >= 11 is 0. The van der Waals surface area contributed by atoms with Gasteiger partial charge in [0.05, 0.1) is 12.6 Å². The zero-order chi connectivity index (χ0) is 12.1. The molecular weight excluding hydrogens is 206 g/mol. The van der Waals surface area contributed by atoms with Crippen molar-refractivity contribution in [2.24, 2.45) is 5.92 Å². The number of aliphatic hydroxyl groups is 1. The summed E-state index contributed by atoms with van der Waals surface area (Å²) < 4.78 is 1.59. The third-order valence-corrected chi connectivity index (χ3v) is 2.63. The molecule has 0 aromatic carbocycles. The fraction of sp³-hybridized carbons (Fsp3) is 0.636. The maximum absolute atomic E-state index is 11.8. The van der Waals surface area contributed by atoms with Crippen LogP contribution in [0.25, 0.3) is 0 Å². The first-order valence-electron chi connectivity index (χ1n) is 5.46. The Morgan fingerprint density at radius 1 is 1.50 bits per heavy atom. The van der Waals surface area contributed by atoms with Crippen molar-refractivity contribution in [2.45, 2.75) is 32.9 Å². The van der Waals surface area contributed by atoms with Crippen molar-refractivity contribution in [1.82, 2.24) is 15.1 Å². The Morgan fingerprint density at radius 3 is 2.62 bits per heavy atom. The minimum atomic E-state index is -0.359. The van der Waals surface area contributed by atoms with Crippen LogP contribution in [0.1, 0.15) is 26.8 Å². The van der Waals surface area contributed by atoms with E-state index in [1.165, 1.54) is 0 Å². The predicted octanol–water partition coefficient (Wildman–Crippen LogP) is 0.577. The molecule has 1 heterocycles. The summed E-state index contributed by atoms with van der Waals surface area (Å²) in [6, 6.07) is 1.21. The number of amides is 1. The first-order chi connectivity index (χ1) is 7.56. The molecule has 1 amide bonds. The second-order valence-corrected chi connectivity index (χ2v) is 4.20. The molecule has 0 aliphatic carbocycles. The summed E-state index contributed by atoms with van der Waals surface area (Å²) in [5.74, 6) is 0.0789. The van der Waals surface area contributed by atoms with Crippen molar-refractivity contribution in [3.8, 4) is 0 Å². The molecule has 90 valence electrons. The van der Waals surface area contributed by atoms with E-state index in [1.807, 2.05) is 13.8 Å². The summed E-state index contributed by atoms with van der Waals surface area (Å²) in [4.78, 5) is 11.8. The van der Waals surface area contributed by atoms with Gasteiger partial charge in [0.1, 0.15) is 6.04 Å². The lowest BCUT2D eigenvalue weighted by molar-refractivity contribution is -0.125. The number of aliphatic hydroxyl groups excluding tert-OH is 1. The molecule has 0 saturated carbocycles. The molecule has 5 heteroatoms. The second kappa shape index (κ2) is 5.65. The minimum absolute atomic E-state index is 0.0464. The Kier molecular flexibility index (Phi) is 4.49. The number of nitrogens with one attached hydrogen (secondary N) is 1. The van der Waals surface area contributed by atoms with Gasteiger partial charge in [-0.1, -0.05) is 13.8 Å². The summed E-state index contributed by atoms with van der Waals surface area (Å²) in [5, 5.41) is 15.9. The quantitative estimate of drug-likeness (QED) is 0.770. The van der Waals surface area contributed by atoms with E-state index in [2.05, 4.69) is 10.4 Å². The Morgan fingerprint density at radius 2 is 2.19 bits per heavy atom. The van der Waals surface area contributed by atoms with Gasteiger partial charge in [0.25, 0.3) is 0 Å². The topological polar surface area (TPSA) is 67.2 Å². The van der Waals surface area contributed by atoms with Crippen LogP contribution in [-0.4, -0.2) is 33.4 Å². The first kappa shape index (κ1) is 12.7. The van der Waals surface area contributed by atoms with E-state index in [0.717, 1.165) is 0 Å². The molecule has 5 nitrogen and oxygen atoms in total. The van der Waals surface area contributed by atoms with Crippen LogP contribution in [0.15, 0.2) is 18.5 Å². The van der Waals surface area contributed by atoms with Gasteiger partial charge < -0.3 is 10.4 Å². The van der Waals surface area contributed by atoms with Gasteiger partial charge in [-0.2, -0.15) is 5.10 Å². The van der Waals surface area contributed by atoms with Crippen molar-refractivity contribution in [3.05, 3.63) is 18.5 Å². The van der Waals surface area contributed by atoms with Crippen LogP contribution in [0.5, 0.6) is 0 Å². The molecule has 2 atom stereocenters. The highest BCUT2D eigenvalue weighted by Gasteiger charge is 2.20. The molecule has 0 saturated heterocycles. The lowest BCUT2D eigenvalue weighted by Crippen LogP contribution is -2.44. The Bertz CT molecular complexity index is 322. The molecule has 0 radical (unpaired) electrons. The van der Waals surface area contributed by atoms with E-state index in [0.29, 0.717) is 0 Å². The van der Waals surface area contributed by atoms with E-state index in [-0.39, 0.29) is 30.5 Å². The minimum Gasteiger partial charge on any atom is -0.394 e. The van der Waals surface area contributed by atoms with Crippen LogP contribution in [0, 0.1) is 5.92 Å². The smallest absolute Gasteiger partial charge is 0.244 e. The van der Waals surface area contributed by atoms with Crippen molar-refractivity contribution in [1.29, 1.82) is 0 Å². The van der Waals surface area contributed by atoms with Crippen LogP contribution in [0.2, 0.25) is 0 Å². The highest BCUT2D eigenvalue weighted by Crippen LogP contribution is 2.06. The lowest BCUT2D eigenvalue weighted by atomic mass is 10.1. The number of hydrogen-bond donors (Lipinski definition) is 2. The average molecular weight is 225 g/mol. The van der Waals surface area contributed by atoms with E-state index in [4.69, 9.17) is 5.11 Å². The Balaban J connectivity index is 2.58. The largest absolute Gasteiger partial charge is 0.394 e. The second-order valence-electron chi connectivity index (χ2n) is 4.20. The van der Waals surface area contributed by atoms with E-state index >= 15 is 0 Å². The molecule has 0 aliphatic rings. The molecule has 1 aromatic rings. The number of hydrogen-bond acceptors (Lipinski definition) is 3. The number of aromatic nitrogens is 2. The molecule has 0 bridgehead atoms. The molecule has 2 unspecified atom stereocenters. The van der Waals surface area contributed by atoms with Gasteiger partial charge in [-0.05, 0) is 18.9 Å². The highest BCUT2D eigenvalue weighted by molar-refractivity contribution is 5.80. The summed E-state index contributed by atoms with van der Waals surface area (Å²) in [6.45, 7) is 5.64. The van der Waals surface area contributed by atoms with Gasteiger partial charge in [0.2, 0.25) is 5.91 Å². The maximum Gasteiger partial charge on any atom is 0.244 e. The normalized spacial score (nSPS) is 14.8. The average Bonchev–Trinajstić information content (AvgIpc) is 2.77. The van der Waals surface area contributed by atoms with E-state index < -0.39 is 0 Å². The standard InChI is InChI=1S/C11H19N3O2/c1-8(2)10(7-15)13-11(16)9(3)14-6-4-5-12-14/h4-6,8-10,15H,7H2,1-3H3,(H,13,16). The van der Waals surface area contributed by atoms with Crippen molar-refractivity contribution >= 4 is 5.91 Å². The van der Waals surface area contributed by atoms with Crippen molar-refractivity contribution < 1.29 is 9.90 Å². The van der Waals surface area contributed by atoms with Gasteiger partial charge in [-0.15, -0.1) is 0 Å². The predicted molar refractivity (Wildman–Crippen MR) is 60.8 cm³/mol. The van der Waals surface area contributed by atoms with Crippen LogP contribution < -0.4 is 5.32 Å². The monoisotopic (exact) mass is 225 g/mol. The Labute approximate surface area is 95.5 Å². The number of nitrogens with zero attached hydrogens (tertiary/aromatic N) is 2. The third kappa shape index (κ3) is 3.06. The highest BCUT2D eigenvalue weighted by atomic mass is 16.3. The van der Waals surface area contributed by atoms with Gasteiger partial charge >= 0.3 is 0 Å². The van der Waals surface area contributed by atoms with Gasteiger partial charge in [0.15, 0.2) is 0 Å². The fourth-order valence-corrected chi connectivity index (χ4v) is 1.36. The first-order valence-corrected chi connectivity index (χ1v) is 5.46. The molecular formula is C11H19N3O2. The zero-order valence-corrected chi connectivity index (χ0v) is 9.92. The number of carbonyl (C=O) groups is 1. The van der Waals surface area contributed by atoms with Crippen molar-refractivity contribution in [2.75, 3.05) is 6.61 Å². The molecule has 16 heavy (non-hydrogen) atoms. The molecule has 2 N–H and O–H groups in total. The van der Waals surface area contributed by atoms with Crippen LogP contribution in [0.3, 0.4) is 0 Å². The third-order valence-electron chi connectivity index (χ3n) is 2.63. The molecule has 1 aromatic heterocycles. The fourth-order valence-electron chi connectivity index (χ4n) is 1.36. The SMILES string of the molecule is CC(C)C(CO)NC(=O)C(C)n1cccn1. The molecule has 0 spiro atoms. The van der Waals surface area contributed by atoms with Crippen LogP contribution in [-0.2, 0) is 4.79 Å². The summed E-state index contributed by atoms with van der Waals surface area (Å²) in [7, 11) is 0. The summed E-state index contributed by atoms with van der Waals surface area (Å²) in [5.41, 5.74) is 0. The summed E-state index contributed by atoms with van der Waals surface area (Å²) in [6.07, 6.45) is 3.38. The molecule has 1 rings (SSSR count). The zero-order valence-electron chi connectivity index (χ0n) is 9.92. The van der Waals surface area contributed by atoms with Gasteiger partial charge in [-0.3, -0.25) is 9.48 Å². The molecule has 0 aliphatic heterocycles. The lowest BCUT2D eigenvalue weighted by Gasteiger charge is -2.22. The van der Waals surface area contributed by atoms with Gasteiger partial charge in [-0.25, -0.2) is 0 Å². The number of carbonyl (C=O) groups excluding carboxylic acids is 1.